The Morgan fingerprint density at radius 3 is 3.10 bits per heavy atom. The molecule has 0 radical (unpaired) electrons. The quantitative estimate of drug-likeness (QED) is 0.417. The molecule has 0 saturated carbocycles. The van der Waals surface area contributed by atoms with Gasteiger partial charge in [-0.3, -0.25) is 5.43 Å². The molecule has 0 spiro atoms. The Bertz CT molecular complexity index is 150. The molecule has 0 aliphatic carbocycles. The van der Waals surface area contributed by atoms with E-state index in [1.54, 1.807) is 7.11 Å². The van der Waals surface area contributed by atoms with E-state index in [0.717, 1.165) is 0 Å². The maximum atomic E-state index is 5.70. The van der Waals surface area contributed by atoms with Gasteiger partial charge >= 0.3 is 0 Å². The molecule has 1 aliphatic rings. The van der Waals surface area contributed by atoms with Crippen molar-refractivity contribution in [1.29, 1.82) is 0 Å². The van der Waals surface area contributed by atoms with Gasteiger partial charge in [0.15, 0.2) is 0 Å². The van der Waals surface area contributed by atoms with Crippen LogP contribution in [0, 0.1) is 0 Å². The topological polar surface area (TPSA) is 59.6 Å². The van der Waals surface area contributed by atoms with Crippen LogP contribution in [0.3, 0.4) is 0 Å². The van der Waals surface area contributed by atoms with Gasteiger partial charge in [-0.25, -0.2) is 0 Å². The van der Waals surface area contributed by atoms with E-state index < -0.39 is 0 Å². The number of alkyl halides is 1. The van der Waals surface area contributed by atoms with Gasteiger partial charge in [-0.2, -0.15) is 5.10 Å². The lowest BCUT2D eigenvalue weighted by molar-refractivity contribution is 0.138. The van der Waals surface area contributed by atoms with Crippen molar-refractivity contribution in [3.05, 3.63) is 0 Å². The average Bonchev–Trinajstić information content (AvgIpc) is 1.94. The first-order valence-electron chi connectivity index (χ1n) is 2.99. The first-order valence-corrected chi connectivity index (χ1v) is 3.43. The maximum absolute atomic E-state index is 5.70. The van der Waals surface area contributed by atoms with Crippen LogP contribution >= 0.6 is 11.6 Å². The van der Waals surface area contributed by atoms with Crippen LogP contribution in [0.4, 0.5) is 0 Å². The van der Waals surface area contributed by atoms with Crippen molar-refractivity contribution in [2.75, 3.05) is 7.11 Å². The Kier molecular flexibility index (Phi) is 2.34. The monoisotopic (exact) mass is 163 g/mol. The van der Waals surface area contributed by atoms with Crippen LogP contribution in [0.15, 0.2) is 5.10 Å². The number of methoxy groups -OCH3 is 1. The van der Waals surface area contributed by atoms with Gasteiger partial charge in [0, 0.05) is 13.5 Å². The molecule has 1 rings (SSSR count). The fourth-order valence-electron chi connectivity index (χ4n) is 0.795. The van der Waals surface area contributed by atoms with Crippen LogP contribution in [0.2, 0.25) is 0 Å². The van der Waals surface area contributed by atoms with E-state index in [2.05, 4.69) is 10.5 Å². The molecule has 10 heavy (non-hydrogen) atoms. The number of nitrogens with one attached hydrogen (secondary N) is 1. The predicted octanol–water partition coefficient (Wildman–Crippen LogP) is -0.168. The van der Waals surface area contributed by atoms with E-state index in [9.17, 15) is 0 Å². The zero-order valence-corrected chi connectivity index (χ0v) is 6.43. The summed E-state index contributed by atoms with van der Waals surface area (Å²) in [5.41, 5.74) is 7.93. The molecule has 0 aromatic heterocycles. The third-order valence-corrected chi connectivity index (χ3v) is 1.64. The number of ether oxygens (including phenoxy) is 1. The highest BCUT2D eigenvalue weighted by Crippen LogP contribution is 2.09. The van der Waals surface area contributed by atoms with E-state index in [1.807, 2.05) is 0 Å². The van der Waals surface area contributed by atoms with Gasteiger partial charge in [-0.15, -0.1) is 0 Å². The van der Waals surface area contributed by atoms with Crippen LogP contribution < -0.4 is 11.2 Å². The Hall–Kier alpha value is -0.480. The average molecular weight is 164 g/mol. The lowest BCUT2D eigenvalue weighted by Gasteiger charge is -2.22. The number of hydrogen-bond donors (Lipinski definition) is 2. The molecule has 2 unspecified atom stereocenters. The van der Waals surface area contributed by atoms with Crippen molar-refractivity contribution in [2.24, 2.45) is 10.8 Å². The number of nitrogens with zero attached hydrogens (tertiary/aromatic N) is 1. The minimum Gasteiger partial charge on any atom is -0.384 e. The molecule has 1 aliphatic heterocycles. The number of hydrogen-bond acceptors (Lipinski definition) is 4. The van der Waals surface area contributed by atoms with Gasteiger partial charge in [-0.05, 0) is 0 Å². The van der Waals surface area contributed by atoms with Gasteiger partial charge < -0.3 is 10.5 Å². The molecule has 3 N–H and O–H groups in total. The number of rotatable bonds is 1. The molecule has 0 aromatic rings. The largest absolute Gasteiger partial charge is 0.384 e. The number of halogens is 1. The maximum Gasteiger partial charge on any atom is 0.149 e. The molecule has 0 bridgehead atoms. The molecular formula is C5H10ClN3O. The Labute approximate surface area is 64.4 Å². The summed E-state index contributed by atoms with van der Waals surface area (Å²) >= 11 is 5.70. The number of amidine groups is 1. The van der Waals surface area contributed by atoms with Crippen molar-refractivity contribution in [2.45, 2.75) is 18.0 Å². The fraction of sp³-hybridized carbons (Fsp3) is 0.800. The summed E-state index contributed by atoms with van der Waals surface area (Å²) in [5, 5.41) is 3.75. The Morgan fingerprint density at radius 1 is 1.90 bits per heavy atom. The normalized spacial score (nSPS) is 32.8. The van der Waals surface area contributed by atoms with E-state index >= 15 is 0 Å². The molecule has 5 heteroatoms. The second-order valence-electron chi connectivity index (χ2n) is 2.09. The summed E-state index contributed by atoms with van der Waals surface area (Å²) in [4.78, 5) is 0. The van der Waals surface area contributed by atoms with Gasteiger partial charge in [-0.1, -0.05) is 11.6 Å². The van der Waals surface area contributed by atoms with Gasteiger partial charge in [0.2, 0.25) is 0 Å². The minimum absolute atomic E-state index is 0.135. The highest BCUT2D eigenvalue weighted by Gasteiger charge is 2.21. The highest BCUT2D eigenvalue weighted by atomic mass is 35.5. The summed E-state index contributed by atoms with van der Waals surface area (Å²) in [6.07, 6.45) is 0.525. The lowest BCUT2D eigenvalue weighted by atomic mass is 10.2. The second-order valence-corrected chi connectivity index (χ2v) is 2.62. The fourth-order valence-corrected chi connectivity index (χ4v) is 1.01. The molecule has 58 valence electrons. The zero-order valence-electron chi connectivity index (χ0n) is 5.67. The summed E-state index contributed by atoms with van der Waals surface area (Å²) in [6.45, 7) is 0. The third kappa shape index (κ3) is 1.52. The minimum atomic E-state index is -0.169. The van der Waals surface area contributed by atoms with Crippen molar-refractivity contribution in [3.8, 4) is 0 Å². The zero-order chi connectivity index (χ0) is 7.56. The summed E-state index contributed by atoms with van der Waals surface area (Å²) in [6, 6.07) is 0. The molecule has 0 fully saturated rings. The highest BCUT2D eigenvalue weighted by molar-refractivity contribution is 6.20. The first-order chi connectivity index (χ1) is 4.74. The van der Waals surface area contributed by atoms with Crippen LogP contribution in [0.25, 0.3) is 0 Å². The molecule has 0 amide bonds. The van der Waals surface area contributed by atoms with Crippen molar-refractivity contribution in [1.82, 2.24) is 5.43 Å². The molecule has 1 heterocycles. The number of hydrazone groups is 1. The van der Waals surface area contributed by atoms with E-state index in [-0.39, 0.29) is 11.6 Å². The summed E-state index contributed by atoms with van der Waals surface area (Å²) in [7, 11) is 1.59. The predicted molar refractivity (Wildman–Crippen MR) is 39.8 cm³/mol. The molecular weight excluding hydrogens is 154 g/mol. The summed E-state index contributed by atoms with van der Waals surface area (Å²) in [5.74, 6) is 0.458. The van der Waals surface area contributed by atoms with Crippen LogP contribution in [0.1, 0.15) is 6.42 Å². The van der Waals surface area contributed by atoms with Crippen LogP contribution in [0.5, 0.6) is 0 Å². The second kappa shape index (κ2) is 3.07. The molecule has 0 aromatic carbocycles. The van der Waals surface area contributed by atoms with Gasteiger partial charge in [0.05, 0.1) is 0 Å². The van der Waals surface area contributed by atoms with Crippen molar-refractivity contribution in [3.63, 3.8) is 0 Å². The number of nitrogens with two attached hydrogens (primary N) is 1. The van der Waals surface area contributed by atoms with Crippen molar-refractivity contribution >= 4 is 17.4 Å². The van der Waals surface area contributed by atoms with Crippen LogP contribution in [-0.2, 0) is 4.74 Å². The molecule has 2 atom stereocenters. The van der Waals surface area contributed by atoms with Crippen LogP contribution in [-0.4, -0.2) is 24.6 Å². The van der Waals surface area contributed by atoms with E-state index in [1.165, 1.54) is 0 Å². The Balaban J connectivity index is 2.56. The van der Waals surface area contributed by atoms with Gasteiger partial charge in [0.1, 0.15) is 17.4 Å². The van der Waals surface area contributed by atoms with E-state index in [0.29, 0.717) is 12.3 Å². The van der Waals surface area contributed by atoms with Crippen molar-refractivity contribution < 1.29 is 4.74 Å². The van der Waals surface area contributed by atoms with E-state index in [4.69, 9.17) is 22.1 Å². The summed E-state index contributed by atoms with van der Waals surface area (Å²) < 4.78 is 4.99. The smallest absolute Gasteiger partial charge is 0.149 e. The molecule has 4 nitrogen and oxygen atoms in total. The Morgan fingerprint density at radius 2 is 2.60 bits per heavy atom. The first kappa shape index (κ1) is 7.63. The molecule has 0 saturated heterocycles. The lowest BCUT2D eigenvalue weighted by Crippen LogP contribution is -2.42. The third-order valence-electron chi connectivity index (χ3n) is 1.37. The SMILES string of the molecule is COC1CC(Cl)NN=C1N. The van der Waals surface area contributed by atoms with Gasteiger partial charge in [0.25, 0.3) is 0 Å². The standard InChI is InChI=1S/C5H10ClN3O/c1-10-3-2-4(6)8-9-5(3)7/h3-4,8H,2H2,1H3,(H2,7,9).